The van der Waals surface area contributed by atoms with E-state index < -0.39 is 0 Å². The predicted molar refractivity (Wildman–Crippen MR) is 142 cm³/mol. The molecule has 1 aliphatic rings. The van der Waals surface area contributed by atoms with Crippen LogP contribution in [0.1, 0.15) is 95.9 Å². The number of ether oxygens (including phenoxy) is 1. The van der Waals surface area contributed by atoms with Gasteiger partial charge in [-0.05, 0) is 39.5 Å². The van der Waals surface area contributed by atoms with Gasteiger partial charge in [-0.25, -0.2) is 4.79 Å². The first-order valence-electron chi connectivity index (χ1n) is 12.9. The first kappa shape index (κ1) is 26.3. The number of hydrogen-bond acceptors (Lipinski definition) is 3. The topological polar surface area (TPSA) is 50.4 Å². The third-order valence-electron chi connectivity index (χ3n) is 6.87. The van der Waals surface area contributed by atoms with Gasteiger partial charge in [0, 0.05) is 31.5 Å². The fourth-order valence-electron chi connectivity index (χ4n) is 4.67. The Morgan fingerprint density at radius 3 is 1.88 bits per heavy atom. The Morgan fingerprint density at radius 2 is 1.44 bits per heavy atom. The first-order valence-corrected chi connectivity index (χ1v) is 12.9. The molecule has 1 amide bonds. The number of carbonyl (C=O) groups excluding carboxylic acids is 1. The van der Waals surface area contributed by atoms with Gasteiger partial charge in [0.15, 0.2) is 0 Å². The molecule has 0 spiro atoms. The smallest absolute Gasteiger partial charge is 0.407 e. The van der Waals surface area contributed by atoms with E-state index in [1.165, 1.54) is 22.3 Å². The molecule has 34 heavy (non-hydrogen) atoms. The minimum absolute atomic E-state index is 0.114. The summed E-state index contributed by atoms with van der Waals surface area (Å²) in [5.74, 6) is 0.194. The lowest BCUT2D eigenvalue weighted by Gasteiger charge is -2.27. The molecular weight excluding hydrogens is 420 g/mol. The van der Waals surface area contributed by atoms with Gasteiger partial charge in [-0.15, -0.1) is 0 Å². The Balaban J connectivity index is 1.82. The van der Waals surface area contributed by atoms with Gasteiger partial charge in [0.1, 0.15) is 6.10 Å². The zero-order chi connectivity index (χ0) is 24.9. The van der Waals surface area contributed by atoms with Crippen molar-refractivity contribution >= 4 is 6.09 Å². The number of nitrogens with one attached hydrogen (secondary N) is 2. The maximum absolute atomic E-state index is 12.2. The van der Waals surface area contributed by atoms with E-state index in [0.717, 1.165) is 19.3 Å². The number of rotatable bonds is 7. The first-order chi connectivity index (χ1) is 16.0. The second-order valence-electron chi connectivity index (χ2n) is 11.8. The molecule has 0 radical (unpaired) electrons. The third-order valence-corrected chi connectivity index (χ3v) is 6.87. The number of benzene rings is 2. The molecule has 4 nitrogen and oxygen atoms in total. The van der Waals surface area contributed by atoms with Gasteiger partial charge in [0.05, 0.1) is 0 Å². The van der Waals surface area contributed by atoms with E-state index >= 15 is 0 Å². The number of amides is 1. The van der Waals surface area contributed by atoms with Crippen LogP contribution < -0.4 is 10.6 Å². The summed E-state index contributed by atoms with van der Waals surface area (Å²) in [5, 5.41) is 6.53. The second-order valence-corrected chi connectivity index (χ2v) is 11.8. The van der Waals surface area contributed by atoms with Crippen molar-refractivity contribution in [3.05, 3.63) is 70.8 Å². The zero-order valence-electron chi connectivity index (χ0n) is 22.2. The van der Waals surface area contributed by atoms with Gasteiger partial charge in [0.25, 0.3) is 0 Å². The van der Waals surface area contributed by atoms with Crippen LogP contribution in [0.2, 0.25) is 0 Å². The molecule has 2 aromatic rings. The van der Waals surface area contributed by atoms with Crippen molar-refractivity contribution in [1.82, 2.24) is 10.6 Å². The Labute approximate surface area is 206 Å². The molecular formula is C30H44N2O2. The molecule has 0 bridgehead atoms. The van der Waals surface area contributed by atoms with Gasteiger partial charge < -0.3 is 15.4 Å². The normalized spacial score (nSPS) is 18.8. The predicted octanol–water partition coefficient (Wildman–Crippen LogP) is 6.67. The van der Waals surface area contributed by atoms with Gasteiger partial charge in [-0.1, -0.05) is 103 Å². The molecule has 1 fully saturated rings. The highest BCUT2D eigenvalue weighted by Gasteiger charge is 2.34. The molecule has 0 unspecified atom stereocenters. The van der Waals surface area contributed by atoms with Crippen LogP contribution in [0, 0.1) is 0 Å². The summed E-state index contributed by atoms with van der Waals surface area (Å²) in [7, 11) is 0. The van der Waals surface area contributed by atoms with Crippen molar-refractivity contribution < 1.29 is 9.53 Å². The van der Waals surface area contributed by atoms with Crippen LogP contribution in [0.15, 0.2) is 48.5 Å². The molecule has 186 valence electrons. The average Bonchev–Trinajstić information content (AvgIpc) is 3.21. The summed E-state index contributed by atoms with van der Waals surface area (Å²) < 4.78 is 5.73. The molecule has 0 aromatic heterocycles. The molecule has 0 aliphatic carbocycles. The molecule has 4 heteroatoms. The van der Waals surface area contributed by atoms with Crippen molar-refractivity contribution in [3.8, 4) is 0 Å². The number of alkyl carbamates (subject to hydrolysis) is 1. The van der Waals surface area contributed by atoms with E-state index in [0.29, 0.717) is 13.1 Å². The maximum Gasteiger partial charge on any atom is 0.407 e. The summed E-state index contributed by atoms with van der Waals surface area (Å²) in [5.41, 5.74) is 5.50. The van der Waals surface area contributed by atoms with Crippen LogP contribution in [0.5, 0.6) is 0 Å². The monoisotopic (exact) mass is 464 g/mol. The van der Waals surface area contributed by atoms with E-state index in [2.05, 4.69) is 108 Å². The summed E-state index contributed by atoms with van der Waals surface area (Å²) in [6, 6.07) is 18.3. The summed E-state index contributed by atoms with van der Waals surface area (Å²) >= 11 is 0. The number of carbonyl (C=O) groups is 1. The Kier molecular flexibility index (Phi) is 8.46. The lowest BCUT2D eigenvalue weighted by Crippen LogP contribution is -2.30. The minimum atomic E-state index is -0.304. The van der Waals surface area contributed by atoms with E-state index in [4.69, 9.17) is 4.74 Å². The highest BCUT2D eigenvalue weighted by Crippen LogP contribution is 2.35. The summed E-state index contributed by atoms with van der Waals surface area (Å²) in [6.07, 6.45) is 2.40. The Hall–Kier alpha value is -2.33. The highest BCUT2D eigenvalue weighted by atomic mass is 16.6. The SMILES string of the molecule is CCCCNC(=O)O[C@@H]1CN[C@@H](C(c2ccc(C(C)(C)C)cc2)c2ccc(C(C)(C)C)cc2)C1. The summed E-state index contributed by atoms with van der Waals surface area (Å²) in [6.45, 7) is 16.9. The Morgan fingerprint density at radius 1 is 0.941 bits per heavy atom. The van der Waals surface area contributed by atoms with Crippen LogP contribution in [0.25, 0.3) is 0 Å². The van der Waals surface area contributed by atoms with E-state index in [1.807, 2.05) is 0 Å². The van der Waals surface area contributed by atoms with Crippen molar-refractivity contribution in [2.75, 3.05) is 13.1 Å². The molecule has 1 aliphatic heterocycles. The number of unbranched alkanes of at least 4 members (excludes halogenated alkanes) is 1. The molecule has 0 saturated carbocycles. The minimum Gasteiger partial charge on any atom is -0.445 e. The average molecular weight is 465 g/mol. The van der Waals surface area contributed by atoms with E-state index in [-0.39, 0.29) is 35.0 Å². The lowest BCUT2D eigenvalue weighted by molar-refractivity contribution is 0.106. The standard InChI is InChI=1S/C30H44N2O2/c1-8-9-18-31-28(33)34-25-19-26(32-20-25)27(21-10-14-23(15-11-21)29(2,3)4)22-12-16-24(17-13-22)30(5,6)7/h10-17,25-27,32H,8-9,18-20H2,1-7H3,(H,31,33)/t25-,26+/m0/s1. The molecule has 2 N–H and O–H groups in total. The third kappa shape index (κ3) is 6.85. The van der Waals surface area contributed by atoms with Crippen molar-refractivity contribution in [2.24, 2.45) is 0 Å². The van der Waals surface area contributed by atoms with Crippen LogP contribution in [0.3, 0.4) is 0 Å². The molecule has 1 saturated heterocycles. The van der Waals surface area contributed by atoms with Crippen LogP contribution in [0.4, 0.5) is 4.79 Å². The fourth-order valence-corrected chi connectivity index (χ4v) is 4.67. The van der Waals surface area contributed by atoms with E-state index in [9.17, 15) is 4.79 Å². The van der Waals surface area contributed by atoms with Crippen LogP contribution in [-0.2, 0) is 15.6 Å². The van der Waals surface area contributed by atoms with Gasteiger partial charge in [-0.2, -0.15) is 0 Å². The zero-order valence-corrected chi connectivity index (χ0v) is 22.2. The van der Waals surface area contributed by atoms with Crippen molar-refractivity contribution in [3.63, 3.8) is 0 Å². The molecule has 2 atom stereocenters. The molecule has 2 aromatic carbocycles. The lowest BCUT2D eigenvalue weighted by atomic mass is 9.80. The van der Waals surface area contributed by atoms with Crippen LogP contribution >= 0.6 is 0 Å². The van der Waals surface area contributed by atoms with Crippen molar-refractivity contribution in [2.45, 2.75) is 96.6 Å². The molecule has 1 heterocycles. The van der Waals surface area contributed by atoms with Gasteiger partial charge in [-0.3, -0.25) is 0 Å². The van der Waals surface area contributed by atoms with Crippen molar-refractivity contribution in [1.29, 1.82) is 0 Å². The van der Waals surface area contributed by atoms with Crippen LogP contribution in [-0.4, -0.2) is 31.3 Å². The highest BCUT2D eigenvalue weighted by molar-refractivity contribution is 5.67. The molecule has 3 rings (SSSR count). The van der Waals surface area contributed by atoms with Gasteiger partial charge >= 0.3 is 6.09 Å². The fraction of sp³-hybridized carbons (Fsp3) is 0.567. The van der Waals surface area contributed by atoms with E-state index in [1.54, 1.807) is 0 Å². The maximum atomic E-state index is 12.2. The Bertz CT molecular complexity index is 863. The largest absolute Gasteiger partial charge is 0.445 e. The quantitative estimate of drug-likeness (QED) is 0.450. The van der Waals surface area contributed by atoms with Gasteiger partial charge in [0.2, 0.25) is 0 Å². The number of hydrogen-bond donors (Lipinski definition) is 2. The second kappa shape index (κ2) is 10.9. The summed E-state index contributed by atoms with van der Waals surface area (Å²) in [4.78, 5) is 12.2.